The van der Waals surface area contributed by atoms with Crippen LogP contribution in [0.4, 0.5) is 34.3 Å². The number of urea groups is 2. The van der Waals surface area contributed by atoms with E-state index in [9.17, 15) is 41.7 Å². The highest BCUT2D eigenvalue weighted by Gasteiger charge is 2.47. The summed E-state index contributed by atoms with van der Waals surface area (Å²) in [6.45, 7) is 2.23. The van der Waals surface area contributed by atoms with Crippen LogP contribution in [0.25, 0.3) is 0 Å². The Morgan fingerprint density at radius 1 is 0.978 bits per heavy atom. The Morgan fingerprint density at radius 2 is 1.70 bits per heavy atom. The highest BCUT2D eigenvalue weighted by atomic mass is 32.2. The molecule has 0 aliphatic carbocycles. The predicted molar refractivity (Wildman–Crippen MR) is 160 cm³/mol. The molecule has 2 aromatic carbocycles. The lowest BCUT2D eigenvalue weighted by Crippen LogP contribution is -2.59. The molecule has 236 valence electrons. The topological polar surface area (TPSA) is 142 Å². The van der Waals surface area contributed by atoms with Gasteiger partial charge in [-0.3, -0.25) is 4.90 Å². The van der Waals surface area contributed by atoms with E-state index in [0.717, 1.165) is 35.4 Å². The standard InChI is InChI=1S/C31H26F3N7O4S/c1-20-25(19-36)28(24-10-9-21(18-35)16-26(24)46(2,44)45)41(30(43)40(20)23-7-5-6-22(17-23)31(32,33)34)29(42)39-14-12-38(13-15-39)27-8-3-4-11-37-27/h3-11,16-17,28H,12-15H2,1-2H3/t28-/m1/s1. The van der Waals surface area contributed by atoms with E-state index in [1.54, 1.807) is 18.3 Å². The second kappa shape index (κ2) is 12.2. The average molecular weight is 650 g/mol. The maximum Gasteiger partial charge on any atom is 0.416 e. The molecule has 0 spiro atoms. The first-order chi connectivity index (χ1) is 21.8. The molecule has 2 aliphatic rings. The molecule has 3 heterocycles. The Hall–Kier alpha value is -5.41. The zero-order valence-electron chi connectivity index (χ0n) is 24.6. The van der Waals surface area contributed by atoms with Gasteiger partial charge in [0.15, 0.2) is 9.84 Å². The summed E-state index contributed by atoms with van der Waals surface area (Å²) in [6.07, 6.45) is -2.23. The van der Waals surface area contributed by atoms with Gasteiger partial charge in [-0.15, -0.1) is 0 Å². The minimum atomic E-state index is -4.75. The number of imide groups is 1. The summed E-state index contributed by atoms with van der Waals surface area (Å²) in [5.74, 6) is 0.679. The molecular weight excluding hydrogens is 623 g/mol. The van der Waals surface area contributed by atoms with Gasteiger partial charge in [0, 0.05) is 44.3 Å². The van der Waals surface area contributed by atoms with Crippen molar-refractivity contribution in [1.29, 1.82) is 10.5 Å². The third-order valence-electron chi connectivity index (χ3n) is 7.77. The normalized spacial score (nSPS) is 17.5. The molecule has 0 radical (unpaired) electrons. The number of piperazine rings is 1. The monoisotopic (exact) mass is 649 g/mol. The maximum atomic E-state index is 14.4. The molecule has 0 bridgehead atoms. The quantitative estimate of drug-likeness (QED) is 0.380. The van der Waals surface area contributed by atoms with Crippen molar-refractivity contribution in [2.24, 2.45) is 0 Å². The van der Waals surface area contributed by atoms with Crippen LogP contribution in [-0.4, -0.2) is 67.7 Å². The highest BCUT2D eigenvalue weighted by molar-refractivity contribution is 7.90. The molecule has 4 amide bonds. The van der Waals surface area contributed by atoms with Gasteiger partial charge in [0.2, 0.25) is 0 Å². The van der Waals surface area contributed by atoms with Crippen LogP contribution in [0.3, 0.4) is 0 Å². The van der Waals surface area contributed by atoms with Crippen molar-refractivity contribution in [3.8, 4) is 12.1 Å². The molecule has 46 heavy (non-hydrogen) atoms. The summed E-state index contributed by atoms with van der Waals surface area (Å²) >= 11 is 0. The number of anilines is 2. The number of hydrogen-bond acceptors (Lipinski definition) is 8. The number of carbonyl (C=O) groups is 2. The number of halogens is 3. The van der Waals surface area contributed by atoms with Gasteiger partial charge in [-0.05, 0) is 55.0 Å². The van der Waals surface area contributed by atoms with Crippen molar-refractivity contribution in [1.82, 2.24) is 14.8 Å². The number of allylic oxidation sites excluding steroid dienone is 1. The summed E-state index contributed by atoms with van der Waals surface area (Å²) in [6, 6.07) is 13.2. The SMILES string of the molecule is CC1=C(C#N)[C@@H](c2ccc(C#N)cc2S(C)(=O)=O)N(C(=O)N2CCN(c3ccccn3)CC2)C(=O)N1c1cccc(C(F)(F)F)c1. The molecule has 0 N–H and O–H groups in total. The number of nitriles is 2. The maximum absolute atomic E-state index is 14.4. The van der Waals surface area contributed by atoms with Crippen LogP contribution in [-0.2, 0) is 16.0 Å². The Labute approximate surface area is 262 Å². The van der Waals surface area contributed by atoms with Crippen molar-refractivity contribution in [2.45, 2.75) is 24.0 Å². The Balaban J connectivity index is 1.66. The van der Waals surface area contributed by atoms with Gasteiger partial charge in [-0.2, -0.15) is 23.7 Å². The van der Waals surface area contributed by atoms with E-state index >= 15 is 0 Å². The molecule has 2 aliphatic heterocycles. The van der Waals surface area contributed by atoms with Crippen LogP contribution in [0.15, 0.2) is 83.0 Å². The fourth-order valence-electron chi connectivity index (χ4n) is 5.53. The number of amides is 4. The van der Waals surface area contributed by atoms with Crippen molar-refractivity contribution < 1.29 is 31.2 Å². The minimum absolute atomic E-state index is 0.0142. The summed E-state index contributed by atoms with van der Waals surface area (Å²) in [5.41, 5.74) is -1.77. The zero-order valence-corrected chi connectivity index (χ0v) is 25.4. The van der Waals surface area contributed by atoms with Crippen molar-refractivity contribution >= 4 is 33.4 Å². The number of hydrogen-bond donors (Lipinski definition) is 0. The second-order valence-corrected chi connectivity index (χ2v) is 12.6. The lowest BCUT2D eigenvalue weighted by molar-refractivity contribution is -0.137. The summed E-state index contributed by atoms with van der Waals surface area (Å²) in [5, 5.41) is 19.8. The van der Waals surface area contributed by atoms with Gasteiger partial charge in [0.1, 0.15) is 11.9 Å². The van der Waals surface area contributed by atoms with Crippen LogP contribution < -0.4 is 9.80 Å². The van der Waals surface area contributed by atoms with Crippen molar-refractivity contribution in [2.75, 3.05) is 42.2 Å². The summed E-state index contributed by atoms with van der Waals surface area (Å²) < 4.78 is 66.9. The zero-order chi connectivity index (χ0) is 33.4. The van der Waals surface area contributed by atoms with Crippen LogP contribution in [0.1, 0.15) is 29.7 Å². The van der Waals surface area contributed by atoms with Gasteiger partial charge >= 0.3 is 18.2 Å². The lowest BCUT2D eigenvalue weighted by atomic mass is 9.93. The molecule has 1 atom stereocenters. The lowest BCUT2D eigenvalue weighted by Gasteiger charge is -2.44. The fourth-order valence-corrected chi connectivity index (χ4v) is 6.48. The van der Waals surface area contributed by atoms with Crippen molar-refractivity contribution in [3.63, 3.8) is 0 Å². The Bertz CT molecular complexity index is 1930. The molecule has 1 fully saturated rings. The van der Waals surface area contributed by atoms with E-state index in [2.05, 4.69) is 4.98 Å². The third-order valence-corrected chi connectivity index (χ3v) is 8.93. The number of carbonyl (C=O) groups excluding carboxylic acids is 2. The smallest absolute Gasteiger partial charge is 0.353 e. The molecule has 0 saturated carbocycles. The Morgan fingerprint density at radius 3 is 2.28 bits per heavy atom. The number of aromatic nitrogens is 1. The first-order valence-electron chi connectivity index (χ1n) is 13.9. The number of nitrogens with zero attached hydrogens (tertiary/aromatic N) is 7. The van der Waals surface area contributed by atoms with Crippen LogP contribution in [0, 0.1) is 22.7 Å². The van der Waals surface area contributed by atoms with E-state index in [0.29, 0.717) is 23.8 Å². The van der Waals surface area contributed by atoms with Crippen LogP contribution in [0.5, 0.6) is 0 Å². The second-order valence-electron chi connectivity index (χ2n) is 10.6. The largest absolute Gasteiger partial charge is 0.416 e. The summed E-state index contributed by atoms with van der Waals surface area (Å²) in [4.78, 5) is 37.4. The molecule has 0 unspecified atom stereocenters. The molecule has 1 saturated heterocycles. The third kappa shape index (κ3) is 5.97. The van der Waals surface area contributed by atoms with E-state index in [1.807, 2.05) is 23.1 Å². The number of benzene rings is 2. The van der Waals surface area contributed by atoms with Gasteiger partial charge in [0.25, 0.3) is 0 Å². The fraction of sp³-hybridized carbons (Fsp3) is 0.258. The van der Waals surface area contributed by atoms with E-state index in [1.165, 1.54) is 30.0 Å². The number of alkyl halides is 3. The van der Waals surface area contributed by atoms with Gasteiger partial charge in [0.05, 0.1) is 39.4 Å². The number of pyridine rings is 1. The number of sulfone groups is 1. The van der Waals surface area contributed by atoms with E-state index < -0.39 is 39.7 Å². The number of rotatable bonds is 4. The molecule has 1 aromatic heterocycles. The van der Waals surface area contributed by atoms with Crippen LogP contribution in [0.2, 0.25) is 0 Å². The van der Waals surface area contributed by atoms with Gasteiger partial charge in [-0.1, -0.05) is 18.2 Å². The molecule has 15 heteroatoms. The molecule has 5 rings (SSSR count). The minimum Gasteiger partial charge on any atom is -0.353 e. The highest BCUT2D eigenvalue weighted by Crippen LogP contribution is 2.43. The van der Waals surface area contributed by atoms with Crippen molar-refractivity contribution in [3.05, 3.63) is 94.8 Å². The Kier molecular flexibility index (Phi) is 8.47. The predicted octanol–water partition coefficient (Wildman–Crippen LogP) is 5.10. The van der Waals surface area contributed by atoms with Gasteiger partial charge in [-0.25, -0.2) is 27.9 Å². The average Bonchev–Trinajstić information content (AvgIpc) is 3.04. The van der Waals surface area contributed by atoms with Gasteiger partial charge < -0.3 is 9.80 Å². The molecular formula is C31H26F3N7O4S. The first kappa shape index (κ1) is 32.0. The molecule has 3 aromatic rings. The summed E-state index contributed by atoms with van der Waals surface area (Å²) in [7, 11) is -4.08. The molecule has 11 nitrogen and oxygen atoms in total. The first-order valence-corrected chi connectivity index (χ1v) is 15.8. The van der Waals surface area contributed by atoms with Crippen LogP contribution >= 0.6 is 0 Å². The van der Waals surface area contributed by atoms with E-state index in [4.69, 9.17) is 0 Å². The van der Waals surface area contributed by atoms with E-state index in [-0.39, 0.29) is 46.1 Å².